The first kappa shape index (κ1) is 19.2. The molecule has 0 rings (SSSR count). The average molecular weight is 334 g/mol. The van der Waals surface area contributed by atoms with Crippen molar-refractivity contribution < 1.29 is 48.5 Å². The average Bonchev–Trinajstić information content (AvgIpc) is 2.17. The second-order valence-electron chi connectivity index (χ2n) is 4.17. The SMILES string of the molecule is O=C(O)C(CCCCC(C(=O)O)P(=O)(O)O)P(=O)(O)O. The number of unbranched alkanes of at least 4 members (excludes halogenated alkanes) is 1. The molecule has 0 aliphatic rings. The second-order valence-corrected chi connectivity index (χ2v) is 7.77. The van der Waals surface area contributed by atoms with Crippen molar-refractivity contribution in [1.82, 2.24) is 0 Å². The van der Waals surface area contributed by atoms with Gasteiger partial charge in [-0.2, -0.15) is 0 Å². The van der Waals surface area contributed by atoms with Crippen LogP contribution in [-0.4, -0.2) is 53.0 Å². The summed E-state index contributed by atoms with van der Waals surface area (Å²) < 4.78 is 21.7. The maximum atomic E-state index is 10.9. The molecule has 0 aliphatic carbocycles. The molecule has 12 heteroatoms. The predicted octanol–water partition coefficient (Wildman–Crippen LogP) is -0.191. The first-order chi connectivity index (χ1) is 8.87. The highest BCUT2D eigenvalue weighted by molar-refractivity contribution is 7.54. The van der Waals surface area contributed by atoms with Gasteiger partial charge in [-0.25, -0.2) is 0 Å². The lowest BCUT2D eigenvalue weighted by atomic mass is 10.1. The number of aliphatic carboxylic acids is 2. The number of carboxylic acids is 2. The lowest BCUT2D eigenvalue weighted by Gasteiger charge is -2.15. The fraction of sp³-hybridized carbons (Fsp3) is 0.750. The molecule has 2 unspecified atom stereocenters. The fourth-order valence-corrected chi connectivity index (χ4v) is 3.16. The van der Waals surface area contributed by atoms with E-state index in [4.69, 9.17) is 29.8 Å². The predicted molar refractivity (Wildman–Crippen MR) is 65.4 cm³/mol. The van der Waals surface area contributed by atoms with E-state index in [0.29, 0.717) is 0 Å². The van der Waals surface area contributed by atoms with Gasteiger partial charge in [-0.1, -0.05) is 12.8 Å². The molecule has 0 aromatic carbocycles. The van der Waals surface area contributed by atoms with Crippen LogP contribution in [0.5, 0.6) is 0 Å². The first-order valence-electron chi connectivity index (χ1n) is 5.43. The molecule has 0 saturated heterocycles. The van der Waals surface area contributed by atoms with Gasteiger partial charge in [0.25, 0.3) is 0 Å². The van der Waals surface area contributed by atoms with Gasteiger partial charge in [0.2, 0.25) is 0 Å². The molecule has 0 amide bonds. The Kier molecular flexibility index (Phi) is 7.03. The van der Waals surface area contributed by atoms with Gasteiger partial charge in [0.1, 0.15) is 0 Å². The van der Waals surface area contributed by atoms with Gasteiger partial charge in [0, 0.05) is 0 Å². The largest absolute Gasteiger partial charge is 0.481 e. The third-order valence-corrected chi connectivity index (χ3v) is 5.17. The van der Waals surface area contributed by atoms with Crippen molar-refractivity contribution in [1.29, 1.82) is 0 Å². The van der Waals surface area contributed by atoms with Crippen molar-refractivity contribution in [2.75, 3.05) is 0 Å². The van der Waals surface area contributed by atoms with Gasteiger partial charge in [-0.05, 0) is 12.8 Å². The maximum absolute atomic E-state index is 10.9. The highest BCUT2D eigenvalue weighted by Gasteiger charge is 2.37. The zero-order valence-electron chi connectivity index (χ0n) is 10.2. The van der Waals surface area contributed by atoms with Crippen LogP contribution >= 0.6 is 15.2 Å². The molecule has 0 aromatic rings. The molecule has 0 aliphatic heterocycles. The van der Waals surface area contributed by atoms with Crippen molar-refractivity contribution in [2.45, 2.75) is 37.0 Å². The van der Waals surface area contributed by atoms with E-state index in [1.165, 1.54) is 0 Å². The Bertz CT molecular complexity index is 406. The van der Waals surface area contributed by atoms with Crippen molar-refractivity contribution in [2.24, 2.45) is 0 Å². The molecule has 0 saturated carbocycles. The molecule has 0 radical (unpaired) electrons. The van der Waals surface area contributed by atoms with Crippen LogP contribution in [0.2, 0.25) is 0 Å². The van der Waals surface area contributed by atoms with E-state index in [1.54, 1.807) is 0 Å². The van der Waals surface area contributed by atoms with E-state index in [9.17, 15) is 18.7 Å². The number of carboxylic acid groups (broad SMARTS) is 2. The maximum Gasteiger partial charge on any atom is 0.339 e. The molecule has 6 N–H and O–H groups in total. The van der Waals surface area contributed by atoms with Crippen molar-refractivity contribution in [3.05, 3.63) is 0 Å². The highest BCUT2D eigenvalue weighted by atomic mass is 31.2. The van der Waals surface area contributed by atoms with Gasteiger partial charge >= 0.3 is 27.1 Å². The number of carbonyl (C=O) groups is 2. The summed E-state index contributed by atoms with van der Waals surface area (Å²) in [6.45, 7) is 0. The van der Waals surface area contributed by atoms with Crippen LogP contribution in [0.4, 0.5) is 0 Å². The molecule has 2 atom stereocenters. The van der Waals surface area contributed by atoms with E-state index < -0.39 is 51.3 Å². The molecule has 118 valence electrons. The molecule has 0 aromatic heterocycles. The van der Waals surface area contributed by atoms with Gasteiger partial charge in [-0.3, -0.25) is 18.7 Å². The quantitative estimate of drug-likeness (QED) is 0.243. The third kappa shape index (κ3) is 6.60. The molecule has 0 bridgehead atoms. The summed E-state index contributed by atoms with van der Waals surface area (Å²) in [4.78, 5) is 56.4. The summed E-state index contributed by atoms with van der Waals surface area (Å²) in [7, 11) is -9.63. The Morgan fingerprint density at radius 1 is 0.750 bits per heavy atom. The second kappa shape index (κ2) is 7.31. The minimum atomic E-state index is -4.82. The molecule has 10 nitrogen and oxygen atoms in total. The standard InChI is InChI=1S/C8H16O10P2/c9-7(10)5(19(13,14)15)3-1-2-4-6(8(11)12)20(16,17)18/h5-6H,1-4H2,(H,9,10)(H,11,12)(H2,13,14,15)(H2,16,17,18). The van der Waals surface area contributed by atoms with Gasteiger partial charge < -0.3 is 29.8 Å². The summed E-state index contributed by atoms with van der Waals surface area (Å²) >= 11 is 0. The van der Waals surface area contributed by atoms with Crippen LogP contribution in [0.1, 0.15) is 25.7 Å². The highest BCUT2D eigenvalue weighted by Crippen LogP contribution is 2.45. The summed E-state index contributed by atoms with van der Waals surface area (Å²) in [5.74, 6) is -3.36. The van der Waals surface area contributed by atoms with Crippen LogP contribution < -0.4 is 0 Å². The fourth-order valence-electron chi connectivity index (χ4n) is 1.55. The zero-order chi connectivity index (χ0) is 16.1. The van der Waals surface area contributed by atoms with Crippen LogP contribution in [0.15, 0.2) is 0 Å². The van der Waals surface area contributed by atoms with Crippen molar-refractivity contribution in [3.8, 4) is 0 Å². The first-order valence-corrected chi connectivity index (χ1v) is 8.79. The number of rotatable bonds is 9. The summed E-state index contributed by atoms with van der Waals surface area (Å²) in [6.07, 6.45) is -0.974. The Hall–Kier alpha value is -0.760. The van der Waals surface area contributed by atoms with Crippen molar-refractivity contribution in [3.63, 3.8) is 0 Å². The normalized spacial score (nSPS) is 15.6. The van der Waals surface area contributed by atoms with E-state index in [0.717, 1.165) is 0 Å². The molecule has 0 fully saturated rings. The summed E-state index contributed by atoms with van der Waals surface area (Å²) in [6, 6.07) is 0. The Labute approximate surface area is 113 Å². The van der Waals surface area contributed by atoms with E-state index in [2.05, 4.69) is 0 Å². The smallest absolute Gasteiger partial charge is 0.339 e. The Morgan fingerprint density at radius 3 is 1.15 bits per heavy atom. The molecule has 20 heavy (non-hydrogen) atoms. The van der Waals surface area contributed by atoms with E-state index in [1.807, 2.05) is 0 Å². The van der Waals surface area contributed by atoms with E-state index >= 15 is 0 Å². The molecular weight excluding hydrogens is 318 g/mol. The lowest BCUT2D eigenvalue weighted by molar-refractivity contribution is -0.138. The minimum absolute atomic E-state index is 0.0775. The van der Waals surface area contributed by atoms with Crippen LogP contribution in [0.3, 0.4) is 0 Å². The zero-order valence-corrected chi connectivity index (χ0v) is 12.0. The third-order valence-electron chi connectivity index (χ3n) is 2.59. The van der Waals surface area contributed by atoms with Crippen LogP contribution in [0, 0.1) is 0 Å². The molecular formula is C8H16O10P2. The van der Waals surface area contributed by atoms with Gasteiger partial charge in [0.05, 0.1) is 0 Å². The van der Waals surface area contributed by atoms with Crippen LogP contribution in [-0.2, 0) is 18.7 Å². The van der Waals surface area contributed by atoms with Crippen LogP contribution in [0.25, 0.3) is 0 Å². The van der Waals surface area contributed by atoms with E-state index in [-0.39, 0.29) is 12.8 Å². The molecule has 0 spiro atoms. The lowest BCUT2D eigenvalue weighted by Crippen LogP contribution is -2.22. The molecule has 0 heterocycles. The summed E-state index contributed by atoms with van der Waals surface area (Å²) in [5.41, 5.74) is -3.80. The topological polar surface area (TPSA) is 190 Å². The van der Waals surface area contributed by atoms with Gasteiger partial charge in [-0.15, -0.1) is 0 Å². The number of hydrogen-bond acceptors (Lipinski definition) is 4. The van der Waals surface area contributed by atoms with Crippen molar-refractivity contribution >= 4 is 27.1 Å². The minimum Gasteiger partial charge on any atom is -0.481 e. The Morgan fingerprint density at radius 2 is 1.00 bits per heavy atom. The summed E-state index contributed by atoms with van der Waals surface area (Å²) in [5, 5.41) is 17.2. The monoisotopic (exact) mass is 334 g/mol. The number of hydrogen-bond donors (Lipinski definition) is 6. The Balaban J connectivity index is 4.44. The van der Waals surface area contributed by atoms with Gasteiger partial charge in [0.15, 0.2) is 11.3 Å².